The number of rotatable bonds is 3. The summed E-state index contributed by atoms with van der Waals surface area (Å²) in [6.45, 7) is 1.59. The van der Waals surface area contributed by atoms with E-state index in [0.29, 0.717) is 6.04 Å². The summed E-state index contributed by atoms with van der Waals surface area (Å²) in [4.78, 5) is 21.3. The van der Waals surface area contributed by atoms with Gasteiger partial charge in [-0.05, 0) is 18.9 Å². The molecular formula is C22H23N5O. The molecule has 0 unspecified atom stereocenters. The van der Waals surface area contributed by atoms with Crippen LogP contribution in [0.15, 0.2) is 49.1 Å². The maximum Gasteiger partial charge on any atom is 0.227 e. The third-order valence-electron chi connectivity index (χ3n) is 5.68. The highest BCUT2D eigenvalue weighted by molar-refractivity contribution is 6.02. The summed E-state index contributed by atoms with van der Waals surface area (Å²) >= 11 is 0. The largest absolute Gasteiger partial charge is 0.367 e. The highest BCUT2D eigenvalue weighted by Crippen LogP contribution is 2.36. The van der Waals surface area contributed by atoms with Gasteiger partial charge in [-0.25, -0.2) is 4.98 Å². The molecule has 0 radical (unpaired) electrons. The number of para-hydroxylation sites is 1. The topological polar surface area (TPSA) is 64.2 Å². The van der Waals surface area contributed by atoms with E-state index >= 15 is 0 Å². The van der Waals surface area contributed by atoms with Gasteiger partial charge in [-0.1, -0.05) is 37.5 Å². The fourth-order valence-corrected chi connectivity index (χ4v) is 4.30. The summed E-state index contributed by atoms with van der Waals surface area (Å²) in [5, 5.41) is 4.78. The Morgan fingerprint density at radius 3 is 2.82 bits per heavy atom. The molecule has 0 atom stereocenters. The van der Waals surface area contributed by atoms with Crippen LogP contribution in [0.2, 0.25) is 0 Å². The average molecular weight is 373 g/mol. The molecule has 6 heteroatoms. The number of aromatic nitrogens is 4. The Bertz CT molecular complexity index is 1170. The molecule has 1 aliphatic carbocycles. The summed E-state index contributed by atoms with van der Waals surface area (Å²) in [5.41, 5.74) is 3.54. The number of fused-ring (bicyclic) bond motifs is 2. The van der Waals surface area contributed by atoms with E-state index in [1.165, 1.54) is 32.1 Å². The molecule has 0 bridgehead atoms. The quantitative estimate of drug-likeness (QED) is 0.562. The van der Waals surface area contributed by atoms with Gasteiger partial charge in [0.2, 0.25) is 5.91 Å². The van der Waals surface area contributed by atoms with E-state index in [1.807, 2.05) is 30.6 Å². The van der Waals surface area contributed by atoms with E-state index in [9.17, 15) is 4.79 Å². The van der Waals surface area contributed by atoms with Gasteiger partial charge in [0.05, 0.1) is 11.7 Å². The first kappa shape index (κ1) is 17.0. The van der Waals surface area contributed by atoms with Crippen molar-refractivity contribution in [2.75, 3.05) is 5.32 Å². The highest BCUT2D eigenvalue weighted by atomic mass is 16.1. The Labute approximate surface area is 163 Å². The number of imidazole rings is 1. The Hall–Kier alpha value is -3.15. The maximum atomic E-state index is 12.2. The lowest BCUT2D eigenvalue weighted by Gasteiger charge is -2.24. The number of hydrogen-bond donors (Lipinski definition) is 1. The van der Waals surface area contributed by atoms with Crippen molar-refractivity contribution in [2.45, 2.75) is 45.1 Å². The van der Waals surface area contributed by atoms with Crippen LogP contribution < -0.4 is 5.32 Å². The first-order valence-electron chi connectivity index (χ1n) is 9.92. The van der Waals surface area contributed by atoms with E-state index in [-0.39, 0.29) is 5.91 Å². The zero-order chi connectivity index (χ0) is 19.1. The first-order valence-corrected chi connectivity index (χ1v) is 9.92. The van der Waals surface area contributed by atoms with Crippen molar-refractivity contribution in [3.05, 3.63) is 49.1 Å². The Morgan fingerprint density at radius 2 is 2.00 bits per heavy atom. The molecule has 0 amide bonds. The van der Waals surface area contributed by atoms with Gasteiger partial charge in [-0.15, -0.1) is 0 Å². The molecule has 5 rings (SSSR count). The average Bonchev–Trinajstić information content (AvgIpc) is 3.28. The number of carbonyl (C=O) groups is 1. The minimum absolute atomic E-state index is 0.00493. The van der Waals surface area contributed by atoms with Crippen molar-refractivity contribution in [2.24, 2.45) is 0 Å². The lowest BCUT2D eigenvalue weighted by molar-refractivity contribution is 0.0942. The first-order chi connectivity index (χ1) is 13.7. The number of benzene rings is 1. The second kappa shape index (κ2) is 6.78. The highest BCUT2D eigenvalue weighted by Gasteiger charge is 2.22. The number of nitrogens with zero attached hydrogens (tertiary/aromatic N) is 4. The van der Waals surface area contributed by atoms with Gasteiger partial charge in [0.15, 0.2) is 5.65 Å². The standard InChI is InChI=1S/C22H23N5O/c1-15(28)27-14-18(17-9-5-6-10-19(17)27)21-22(24-16-7-3-2-4-8-16)26-12-11-23-13-20(26)25-21/h5-6,9-14,16,24H,2-4,7-8H2,1H3. The lowest BCUT2D eigenvalue weighted by atomic mass is 9.95. The van der Waals surface area contributed by atoms with Crippen molar-refractivity contribution in [3.8, 4) is 11.3 Å². The lowest BCUT2D eigenvalue weighted by Crippen LogP contribution is -2.23. The van der Waals surface area contributed by atoms with Gasteiger partial charge in [-0.3, -0.25) is 18.7 Å². The molecule has 142 valence electrons. The van der Waals surface area contributed by atoms with Crippen molar-refractivity contribution < 1.29 is 4.79 Å². The minimum atomic E-state index is -0.00493. The molecule has 6 nitrogen and oxygen atoms in total. The second-order valence-corrected chi connectivity index (χ2v) is 7.54. The number of carbonyl (C=O) groups excluding carboxylic acids is 1. The van der Waals surface area contributed by atoms with Crippen molar-refractivity contribution in [1.29, 1.82) is 0 Å². The predicted molar refractivity (Wildman–Crippen MR) is 111 cm³/mol. The number of hydrogen-bond acceptors (Lipinski definition) is 4. The Morgan fingerprint density at radius 1 is 1.18 bits per heavy atom. The molecule has 1 N–H and O–H groups in total. The normalized spacial score (nSPS) is 15.3. The third-order valence-corrected chi connectivity index (χ3v) is 5.68. The van der Waals surface area contributed by atoms with Crippen LogP contribution in [0.25, 0.3) is 27.8 Å². The monoisotopic (exact) mass is 373 g/mol. The molecule has 3 heterocycles. The summed E-state index contributed by atoms with van der Waals surface area (Å²) < 4.78 is 3.77. The fourth-order valence-electron chi connectivity index (χ4n) is 4.30. The van der Waals surface area contributed by atoms with Crippen LogP contribution in [0, 0.1) is 0 Å². The van der Waals surface area contributed by atoms with Gasteiger partial charge in [0.1, 0.15) is 11.5 Å². The van der Waals surface area contributed by atoms with Gasteiger partial charge in [0.25, 0.3) is 0 Å². The molecule has 0 aliphatic heterocycles. The van der Waals surface area contributed by atoms with Crippen LogP contribution in [0.5, 0.6) is 0 Å². The minimum Gasteiger partial charge on any atom is -0.367 e. The molecular weight excluding hydrogens is 350 g/mol. The summed E-state index contributed by atoms with van der Waals surface area (Å²) in [6.07, 6.45) is 13.6. The molecule has 3 aromatic heterocycles. The van der Waals surface area contributed by atoms with E-state index in [0.717, 1.165) is 33.6 Å². The Balaban J connectivity index is 1.72. The smallest absolute Gasteiger partial charge is 0.227 e. The summed E-state index contributed by atoms with van der Waals surface area (Å²) in [5.74, 6) is 0.977. The van der Waals surface area contributed by atoms with E-state index in [1.54, 1.807) is 23.9 Å². The van der Waals surface area contributed by atoms with E-state index < -0.39 is 0 Å². The van der Waals surface area contributed by atoms with Crippen LogP contribution in [0.4, 0.5) is 5.82 Å². The van der Waals surface area contributed by atoms with Crippen molar-refractivity contribution >= 4 is 28.3 Å². The van der Waals surface area contributed by atoms with Crippen LogP contribution in [-0.4, -0.2) is 30.9 Å². The molecule has 1 fully saturated rings. The molecule has 0 spiro atoms. The zero-order valence-electron chi connectivity index (χ0n) is 15.9. The Kier molecular flexibility index (Phi) is 4.11. The summed E-state index contributed by atoms with van der Waals surface area (Å²) in [7, 11) is 0. The van der Waals surface area contributed by atoms with Gasteiger partial charge >= 0.3 is 0 Å². The van der Waals surface area contributed by atoms with Gasteiger partial charge < -0.3 is 5.32 Å². The molecule has 0 saturated heterocycles. The van der Waals surface area contributed by atoms with E-state index in [2.05, 4.69) is 20.8 Å². The maximum absolute atomic E-state index is 12.2. The summed E-state index contributed by atoms with van der Waals surface area (Å²) in [6, 6.07) is 8.44. The van der Waals surface area contributed by atoms with Crippen molar-refractivity contribution in [3.63, 3.8) is 0 Å². The van der Waals surface area contributed by atoms with E-state index in [4.69, 9.17) is 4.98 Å². The molecule has 1 saturated carbocycles. The molecule has 28 heavy (non-hydrogen) atoms. The van der Waals surface area contributed by atoms with Crippen LogP contribution >= 0.6 is 0 Å². The molecule has 1 aliphatic rings. The predicted octanol–water partition coefficient (Wildman–Crippen LogP) is 4.76. The van der Waals surface area contributed by atoms with Crippen molar-refractivity contribution in [1.82, 2.24) is 18.9 Å². The molecule has 1 aromatic carbocycles. The fraction of sp³-hybridized carbons (Fsp3) is 0.318. The van der Waals surface area contributed by atoms with Gasteiger partial charge in [-0.2, -0.15) is 0 Å². The third kappa shape index (κ3) is 2.76. The van der Waals surface area contributed by atoms with Gasteiger partial charge in [0, 0.05) is 42.5 Å². The zero-order valence-corrected chi connectivity index (χ0v) is 15.9. The molecule has 4 aromatic rings. The SMILES string of the molecule is CC(=O)n1cc(-c2nc3cnccn3c2NC2CCCCC2)c2ccccc21. The van der Waals surface area contributed by atoms with Crippen LogP contribution in [0.3, 0.4) is 0 Å². The number of nitrogens with one attached hydrogen (secondary N) is 1. The second-order valence-electron chi connectivity index (χ2n) is 7.54. The van der Waals surface area contributed by atoms with Crippen LogP contribution in [-0.2, 0) is 0 Å². The number of anilines is 1. The van der Waals surface area contributed by atoms with Crippen LogP contribution in [0.1, 0.15) is 43.8 Å².